The third-order valence-electron chi connectivity index (χ3n) is 2.52. The lowest BCUT2D eigenvalue weighted by Crippen LogP contribution is -2.07. The van der Waals surface area contributed by atoms with Crippen LogP contribution in [0.4, 0.5) is 0 Å². The van der Waals surface area contributed by atoms with Crippen LogP contribution in [-0.2, 0) is 22.6 Å². The summed E-state index contributed by atoms with van der Waals surface area (Å²) < 4.78 is 26.1. The van der Waals surface area contributed by atoms with Gasteiger partial charge in [0.05, 0.1) is 16.2 Å². The van der Waals surface area contributed by atoms with E-state index in [2.05, 4.69) is 26.2 Å². The SMILES string of the molecule is Cn1cc(CS(=O)(=O)c2ccc(Br)c(C(=O)O)c2)nn1. The zero-order valence-corrected chi connectivity index (χ0v) is 12.7. The predicted octanol–water partition coefficient (Wildman–Crippen LogP) is 1.25. The van der Waals surface area contributed by atoms with Gasteiger partial charge >= 0.3 is 5.97 Å². The number of aromatic carboxylic acids is 1. The third kappa shape index (κ3) is 3.05. The first-order chi connectivity index (χ1) is 9.29. The maximum atomic E-state index is 12.2. The molecule has 0 aliphatic carbocycles. The van der Waals surface area contributed by atoms with Crippen LogP contribution >= 0.6 is 15.9 Å². The molecule has 20 heavy (non-hydrogen) atoms. The van der Waals surface area contributed by atoms with Crippen LogP contribution in [0.5, 0.6) is 0 Å². The van der Waals surface area contributed by atoms with Crippen molar-refractivity contribution in [2.24, 2.45) is 7.05 Å². The molecule has 9 heteroatoms. The van der Waals surface area contributed by atoms with Crippen molar-refractivity contribution in [2.45, 2.75) is 10.6 Å². The topological polar surface area (TPSA) is 102 Å². The smallest absolute Gasteiger partial charge is 0.336 e. The first kappa shape index (κ1) is 14.7. The van der Waals surface area contributed by atoms with Crippen LogP contribution in [0, 0.1) is 0 Å². The van der Waals surface area contributed by atoms with Crippen molar-refractivity contribution >= 4 is 31.7 Å². The number of rotatable bonds is 4. The number of aryl methyl sites for hydroxylation is 1. The van der Waals surface area contributed by atoms with Gasteiger partial charge < -0.3 is 5.11 Å². The highest BCUT2D eigenvalue weighted by molar-refractivity contribution is 9.10. The summed E-state index contributed by atoms with van der Waals surface area (Å²) in [5.41, 5.74) is 0.192. The number of benzene rings is 1. The summed E-state index contributed by atoms with van der Waals surface area (Å²) in [6.07, 6.45) is 1.49. The van der Waals surface area contributed by atoms with E-state index in [1.54, 1.807) is 7.05 Å². The molecule has 0 atom stereocenters. The largest absolute Gasteiger partial charge is 0.478 e. The predicted molar refractivity (Wildman–Crippen MR) is 73.0 cm³/mol. The molecule has 2 aromatic rings. The molecule has 0 radical (unpaired) electrons. The number of aromatic nitrogens is 3. The summed E-state index contributed by atoms with van der Waals surface area (Å²) in [5.74, 6) is -1.53. The van der Waals surface area contributed by atoms with E-state index in [1.807, 2.05) is 0 Å². The lowest BCUT2D eigenvalue weighted by atomic mass is 10.2. The minimum atomic E-state index is -3.67. The van der Waals surface area contributed by atoms with E-state index >= 15 is 0 Å². The normalized spacial score (nSPS) is 11.5. The van der Waals surface area contributed by atoms with Crippen molar-refractivity contribution in [3.05, 3.63) is 40.1 Å². The highest BCUT2D eigenvalue weighted by Gasteiger charge is 2.20. The van der Waals surface area contributed by atoms with E-state index in [0.717, 1.165) is 6.07 Å². The maximum Gasteiger partial charge on any atom is 0.336 e. The van der Waals surface area contributed by atoms with Gasteiger partial charge in [-0.1, -0.05) is 5.21 Å². The Labute approximate surface area is 123 Å². The van der Waals surface area contributed by atoms with E-state index in [9.17, 15) is 13.2 Å². The Hall–Kier alpha value is -1.74. The van der Waals surface area contributed by atoms with Crippen molar-refractivity contribution in [2.75, 3.05) is 0 Å². The van der Waals surface area contributed by atoms with Crippen LogP contribution in [-0.4, -0.2) is 34.5 Å². The molecule has 2 rings (SSSR count). The third-order valence-corrected chi connectivity index (χ3v) is 4.85. The van der Waals surface area contributed by atoms with Crippen LogP contribution < -0.4 is 0 Å². The van der Waals surface area contributed by atoms with E-state index in [4.69, 9.17) is 5.11 Å². The standard InChI is InChI=1S/C11H10BrN3O4S/c1-15-5-7(13-14-15)6-20(18,19)8-2-3-10(12)9(4-8)11(16)17/h2-5H,6H2,1H3,(H,16,17). The van der Waals surface area contributed by atoms with Gasteiger partial charge in [-0.25, -0.2) is 13.2 Å². The second-order valence-corrected chi connectivity index (χ2v) is 6.93. The van der Waals surface area contributed by atoms with Gasteiger partial charge in [0, 0.05) is 17.7 Å². The molecule has 1 aromatic carbocycles. The Morgan fingerprint density at radius 2 is 2.15 bits per heavy atom. The molecule has 0 aliphatic heterocycles. The Kier molecular flexibility index (Phi) is 3.91. The molecule has 0 fully saturated rings. The number of nitrogens with zero attached hydrogens (tertiary/aromatic N) is 3. The molecule has 1 heterocycles. The van der Waals surface area contributed by atoms with Gasteiger partial charge in [-0.3, -0.25) is 4.68 Å². The van der Waals surface area contributed by atoms with Crippen molar-refractivity contribution < 1.29 is 18.3 Å². The summed E-state index contributed by atoms with van der Waals surface area (Å²) in [4.78, 5) is 10.9. The first-order valence-corrected chi connectivity index (χ1v) is 7.85. The number of carbonyl (C=O) groups is 1. The molecule has 106 valence electrons. The lowest BCUT2D eigenvalue weighted by Gasteiger charge is -2.05. The second-order valence-electron chi connectivity index (χ2n) is 4.09. The van der Waals surface area contributed by atoms with Gasteiger partial charge in [-0.15, -0.1) is 5.10 Å². The maximum absolute atomic E-state index is 12.2. The molecule has 7 nitrogen and oxygen atoms in total. The van der Waals surface area contributed by atoms with E-state index in [0.29, 0.717) is 10.2 Å². The Morgan fingerprint density at radius 1 is 1.45 bits per heavy atom. The fourth-order valence-corrected chi connectivity index (χ4v) is 3.28. The molecule has 0 unspecified atom stereocenters. The average molecular weight is 360 g/mol. The summed E-state index contributed by atoms with van der Waals surface area (Å²) in [6, 6.07) is 3.87. The Bertz CT molecular complexity index is 770. The van der Waals surface area contributed by atoms with E-state index in [-0.39, 0.29) is 16.2 Å². The van der Waals surface area contributed by atoms with Crippen molar-refractivity contribution in [1.29, 1.82) is 0 Å². The molecule has 1 N–H and O–H groups in total. The first-order valence-electron chi connectivity index (χ1n) is 5.40. The molecule has 0 aliphatic rings. The molecule has 0 spiro atoms. The summed E-state index contributed by atoms with van der Waals surface area (Å²) in [7, 11) is -2.04. The van der Waals surface area contributed by atoms with Crippen LogP contribution in [0.2, 0.25) is 0 Å². The second kappa shape index (κ2) is 5.33. The van der Waals surface area contributed by atoms with Crippen LogP contribution in [0.25, 0.3) is 0 Å². The van der Waals surface area contributed by atoms with Gasteiger partial charge in [0.15, 0.2) is 9.84 Å². The quantitative estimate of drug-likeness (QED) is 0.881. The van der Waals surface area contributed by atoms with Crippen LogP contribution in [0.15, 0.2) is 33.8 Å². The summed E-state index contributed by atoms with van der Waals surface area (Å²) in [5, 5.41) is 16.4. The highest BCUT2D eigenvalue weighted by Crippen LogP contribution is 2.23. The van der Waals surface area contributed by atoms with Gasteiger partial charge in [0.2, 0.25) is 0 Å². The van der Waals surface area contributed by atoms with Gasteiger partial charge in [0.25, 0.3) is 0 Å². The Morgan fingerprint density at radius 3 is 2.70 bits per heavy atom. The average Bonchev–Trinajstić information content (AvgIpc) is 2.73. The molecule has 0 saturated heterocycles. The molecule has 0 amide bonds. The minimum absolute atomic E-state index is 0.0660. The zero-order valence-electron chi connectivity index (χ0n) is 10.3. The lowest BCUT2D eigenvalue weighted by molar-refractivity contribution is 0.0695. The number of hydrogen-bond donors (Lipinski definition) is 1. The Balaban J connectivity index is 2.39. The van der Waals surface area contributed by atoms with Crippen molar-refractivity contribution in [3.8, 4) is 0 Å². The minimum Gasteiger partial charge on any atom is -0.478 e. The highest BCUT2D eigenvalue weighted by atomic mass is 79.9. The van der Waals surface area contributed by atoms with E-state index < -0.39 is 15.8 Å². The number of carboxylic acid groups (broad SMARTS) is 1. The molecular weight excluding hydrogens is 350 g/mol. The molecule has 0 saturated carbocycles. The van der Waals surface area contributed by atoms with Crippen molar-refractivity contribution in [3.63, 3.8) is 0 Å². The van der Waals surface area contributed by atoms with Crippen molar-refractivity contribution in [1.82, 2.24) is 15.0 Å². The van der Waals surface area contributed by atoms with Crippen LogP contribution in [0.1, 0.15) is 16.1 Å². The number of hydrogen-bond acceptors (Lipinski definition) is 5. The number of halogens is 1. The number of sulfone groups is 1. The summed E-state index contributed by atoms with van der Waals surface area (Å²) >= 11 is 3.07. The monoisotopic (exact) mass is 359 g/mol. The van der Waals surface area contributed by atoms with Gasteiger partial charge in [-0.2, -0.15) is 0 Å². The van der Waals surface area contributed by atoms with E-state index in [1.165, 1.54) is 23.0 Å². The summed E-state index contributed by atoms with van der Waals surface area (Å²) in [6.45, 7) is 0. The molecule has 0 bridgehead atoms. The van der Waals surface area contributed by atoms with Crippen LogP contribution in [0.3, 0.4) is 0 Å². The van der Waals surface area contributed by atoms with Gasteiger partial charge in [-0.05, 0) is 34.1 Å². The molecular formula is C11H10BrN3O4S. The number of carboxylic acids is 1. The fourth-order valence-electron chi connectivity index (χ4n) is 1.60. The fraction of sp³-hybridized carbons (Fsp3) is 0.182. The van der Waals surface area contributed by atoms with Gasteiger partial charge in [0.1, 0.15) is 5.75 Å². The molecule has 1 aromatic heterocycles. The zero-order chi connectivity index (χ0) is 14.9.